The lowest BCUT2D eigenvalue weighted by molar-refractivity contribution is -0.132. The Hall–Kier alpha value is -4.76. The number of guanidine groups is 1. The van der Waals surface area contributed by atoms with Gasteiger partial charge in [-0.2, -0.15) is 0 Å². The molecule has 4 rings (SSSR count). The monoisotopic (exact) mass is 604 g/mol. The summed E-state index contributed by atoms with van der Waals surface area (Å²) in [6.07, 6.45) is 3.29. The molecule has 16 heteroatoms. The van der Waals surface area contributed by atoms with Crippen LogP contribution < -0.4 is 20.4 Å². The summed E-state index contributed by atoms with van der Waals surface area (Å²) in [6, 6.07) is 1.45. The van der Waals surface area contributed by atoms with Gasteiger partial charge in [0.15, 0.2) is 17.7 Å². The second-order valence-electron chi connectivity index (χ2n) is 9.93. The van der Waals surface area contributed by atoms with Crippen molar-refractivity contribution >= 4 is 47.5 Å². The van der Waals surface area contributed by atoms with Crippen LogP contribution in [0.2, 0.25) is 0 Å². The maximum absolute atomic E-state index is 15.2. The Morgan fingerprint density at radius 3 is 2.58 bits per heavy atom. The molecular formula is C27H34F2N8O6. The van der Waals surface area contributed by atoms with Crippen LogP contribution in [0.25, 0.3) is 0 Å². The highest BCUT2D eigenvalue weighted by Gasteiger charge is 2.34. The van der Waals surface area contributed by atoms with Gasteiger partial charge in [-0.25, -0.2) is 28.4 Å². The Labute approximate surface area is 247 Å². The standard InChI is InChI=1S/C27H34F2N8O6/c1-4-35(10-6-8-34(2)22(38)14-31-24(39)21-16-36-9-5-7-30-25(36)33-21)23-19(28)11-17(12-20(23)29)37-15-18(43-27(37)41)13-32-26(40)42-3/h5,7,9,11-12,18,21H,4,6,8,10,13-16H2,1-3H3,(H,31,39)(H,32,40)/t18-,21?/m0/s1. The summed E-state index contributed by atoms with van der Waals surface area (Å²) in [5, 5.41) is 5.02. The van der Waals surface area contributed by atoms with Crippen LogP contribution in [0, 0.1) is 11.6 Å². The van der Waals surface area contributed by atoms with Gasteiger partial charge >= 0.3 is 12.2 Å². The Kier molecular flexibility index (Phi) is 10.1. The highest BCUT2D eigenvalue weighted by Crippen LogP contribution is 2.31. The van der Waals surface area contributed by atoms with E-state index >= 15 is 8.78 Å². The molecular weight excluding hydrogens is 570 g/mol. The normalized spacial score (nSPS) is 18.6. The number of anilines is 2. The molecule has 1 saturated heterocycles. The number of amides is 4. The zero-order valence-electron chi connectivity index (χ0n) is 24.1. The van der Waals surface area contributed by atoms with Crippen molar-refractivity contribution in [3.8, 4) is 0 Å². The molecule has 4 amide bonds. The van der Waals surface area contributed by atoms with Crippen LogP contribution in [0.1, 0.15) is 13.3 Å². The number of likely N-dealkylation sites (N-methyl/N-ethyl adjacent to an activating group) is 1. The molecule has 1 aromatic rings. The lowest BCUT2D eigenvalue weighted by Crippen LogP contribution is -2.43. The number of hydrogen-bond acceptors (Lipinski definition) is 10. The number of alkyl carbamates (subject to hydrolysis) is 1. The second kappa shape index (κ2) is 13.9. The van der Waals surface area contributed by atoms with Crippen LogP contribution in [0.3, 0.4) is 0 Å². The van der Waals surface area contributed by atoms with Crippen molar-refractivity contribution < 1.29 is 37.4 Å². The molecule has 43 heavy (non-hydrogen) atoms. The fourth-order valence-electron chi connectivity index (χ4n) is 4.74. The zero-order chi connectivity index (χ0) is 31.1. The molecule has 0 bridgehead atoms. The number of benzene rings is 1. The second-order valence-corrected chi connectivity index (χ2v) is 9.93. The largest absolute Gasteiger partial charge is 0.453 e. The van der Waals surface area contributed by atoms with Crippen LogP contribution in [-0.4, -0.2) is 118 Å². The molecule has 3 aliphatic heterocycles. The minimum Gasteiger partial charge on any atom is -0.453 e. The molecule has 0 saturated carbocycles. The molecule has 2 atom stereocenters. The summed E-state index contributed by atoms with van der Waals surface area (Å²) in [4.78, 5) is 62.7. The number of methoxy groups -OCH3 is 1. The van der Waals surface area contributed by atoms with Gasteiger partial charge in [0, 0.05) is 51.2 Å². The summed E-state index contributed by atoms with van der Waals surface area (Å²) >= 11 is 0. The molecule has 3 aliphatic rings. The van der Waals surface area contributed by atoms with Crippen molar-refractivity contribution in [3.05, 3.63) is 36.0 Å². The number of fused-ring (bicyclic) bond motifs is 1. The molecule has 0 aliphatic carbocycles. The van der Waals surface area contributed by atoms with Gasteiger partial charge in [-0.15, -0.1) is 0 Å². The van der Waals surface area contributed by atoms with E-state index < -0.39 is 36.0 Å². The molecule has 0 radical (unpaired) electrons. The lowest BCUT2D eigenvalue weighted by atomic mass is 10.2. The van der Waals surface area contributed by atoms with Gasteiger partial charge in [0.05, 0.1) is 39.0 Å². The number of carbonyl (C=O) groups excluding carboxylic acids is 4. The van der Waals surface area contributed by atoms with Crippen LogP contribution in [0.4, 0.5) is 29.7 Å². The van der Waals surface area contributed by atoms with Gasteiger partial charge in [0.1, 0.15) is 11.8 Å². The van der Waals surface area contributed by atoms with Crippen LogP contribution in [0.5, 0.6) is 0 Å². The van der Waals surface area contributed by atoms with E-state index in [0.29, 0.717) is 18.9 Å². The SMILES string of the molecule is CCN(CCCN(C)C(=O)CNC(=O)C1CN2C=CC=NC2=N1)c1c(F)cc(N2C[C@H](CNC(=O)OC)OC2=O)cc1F. The van der Waals surface area contributed by atoms with Gasteiger partial charge < -0.3 is 34.8 Å². The topological polar surface area (TPSA) is 148 Å². The van der Waals surface area contributed by atoms with E-state index in [-0.39, 0.29) is 62.5 Å². The smallest absolute Gasteiger partial charge is 0.414 e. The van der Waals surface area contributed by atoms with Gasteiger partial charge in [-0.1, -0.05) is 0 Å². The number of aliphatic imine (C=N–C) groups is 2. The number of nitrogens with one attached hydrogen (secondary N) is 2. The first-order valence-corrected chi connectivity index (χ1v) is 13.7. The van der Waals surface area contributed by atoms with E-state index in [9.17, 15) is 19.2 Å². The average Bonchev–Trinajstić information content (AvgIpc) is 3.60. The van der Waals surface area contributed by atoms with E-state index in [0.717, 1.165) is 17.0 Å². The number of cyclic esters (lactones) is 1. The molecule has 14 nitrogen and oxygen atoms in total. The van der Waals surface area contributed by atoms with Crippen molar-refractivity contribution in [2.75, 3.05) is 69.8 Å². The van der Waals surface area contributed by atoms with E-state index in [1.54, 1.807) is 37.4 Å². The third-order valence-corrected chi connectivity index (χ3v) is 7.05. The number of ether oxygens (including phenoxy) is 2. The molecule has 2 N–H and O–H groups in total. The molecule has 0 aromatic heterocycles. The predicted octanol–water partition coefficient (Wildman–Crippen LogP) is 1.08. The van der Waals surface area contributed by atoms with Crippen molar-refractivity contribution in [2.24, 2.45) is 9.98 Å². The third-order valence-electron chi connectivity index (χ3n) is 7.05. The van der Waals surface area contributed by atoms with Crippen molar-refractivity contribution in [1.29, 1.82) is 0 Å². The van der Waals surface area contributed by atoms with Crippen LogP contribution >= 0.6 is 0 Å². The minimum absolute atomic E-state index is 0.0153. The highest BCUT2D eigenvalue weighted by molar-refractivity contribution is 5.98. The van der Waals surface area contributed by atoms with Crippen LogP contribution in [0.15, 0.2) is 34.4 Å². The number of halogens is 2. The summed E-state index contributed by atoms with van der Waals surface area (Å²) in [5.41, 5.74) is -0.269. The Morgan fingerprint density at radius 1 is 1.16 bits per heavy atom. The molecule has 0 spiro atoms. The summed E-state index contributed by atoms with van der Waals surface area (Å²) in [6.45, 7) is 2.65. The number of allylic oxidation sites excluding steroid dienone is 1. The van der Waals surface area contributed by atoms with E-state index in [1.807, 2.05) is 0 Å². The molecule has 1 unspecified atom stereocenters. The Balaban J connectivity index is 1.26. The van der Waals surface area contributed by atoms with Gasteiger partial charge in [-0.05, 0) is 19.4 Å². The number of carbonyl (C=O) groups is 4. The van der Waals surface area contributed by atoms with Gasteiger partial charge in [0.25, 0.3) is 0 Å². The summed E-state index contributed by atoms with van der Waals surface area (Å²) in [5.74, 6) is -1.97. The first-order chi connectivity index (χ1) is 20.6. The fourth-order valence-corrected chi connectivity index (χ4v) is 4.74. The number of rotatable bonds is 12. The Bertz CT molecular complexity index is 1320. The first-order valence-electron chi connectivity index (χ1n) is 13.7. The average molecular weight is 605 g/mol. The lowest BCUT2D eigenvalue weighted by Gasteiger charge is -2.26. The molecule has 232 valence electrons. The molecule has 1 aromatic carbocycles. The van der Waals surface area contributed by atoms with Crippen molar-refractivity contribution in [1.82, 2.24) is 20.4 Å². The molecule has 1 fully saturated rings. The highest BCUT2D eigenvalue weighted by atomic mass is 19.1. The van der Waals surface area contributed by atoms with E-state index in [4.69, 9.17) is 4.74 Å². The number of hydrogen-bond donors (Lipinski definition) is 2. The van der Waals surface area contributed by atoms with Crippen molar-refractivity contribution in [2.45, 2.75) is 25.5 Å². The quantitative estimate of drug-likeness (QED) is 0.360. The maximum Gasteiger partial charge on any atom is 0.414 e. The minimum atomic E-state index is -0.860. The first kappa shape index (κ1) is 31.2. The van der Waals surface area contributed by atoms with E-state index in [1.165, 1.54) is 16.9 Å². The van der Waals surface area contributed by atoms with Crippen molar-refractivity contribution in [3.63, 3.8) is 0 Å². The van der Waals surface area contributed by atoms with E-state index in [2.05, 4.69) is 25.4 Å². The summed E-state index contributed by atoms with van der Waals surface area (Å²) in [7, 11) is 2.78. The fraction of sp³-hybridized carbons (Fsp3) is 0.481. The van der Waals surface area contributed by atoms with Gasteiger partial charge in [-0.3, -0.25) is 14.5 Å². The predicted molar refractivity (Wildman–Crippen MR) is 153 cm³/mol. The Morgan fingerprint density at radius 2 is 1.91 bits per heavy atom. The van der Waals surface area contributed by atoms with Crippen LogP contribution in [-0.2, 0) is 19.1 Å². The van der Waals surface area contributed by atoms with Gasteiger partial charge in [0.2, 0.25) is 17.8 Å². The summed E-state index contributed by atoms with van der Waals surface area (Å²) < 4.78 is 40.0. The molecule has 3 heterocycles. The number of nitrogens with zero attached hydrogens (tertiary/aromatic N) is 6. The zero-order valence-corrected chi connectivity index (χ0v) is 24.1. The maximum atomic E-state index is 15.2. The third kappa shape index (κ3) is 7.55.